The number of carbonyl (C=O) groups is 2. The highest BCUT2D eigenvalue weighted by molar-refractivity contribution is 7.99. The van der Waals surface area contributed by atoms with E-state index in [1.165, 1.54) is 18.7 Å². The Labute approximate surface area is 197 Å². The van der Waals surface area contributed by atoms with E-state index < -0.39 is 5.97 Å². The molecule has 0 heterocycles. The lowest BCUT2D eigenvalue weighted by Crippen LogP contribution is -2.10. The third kappa shape index (κ3) is 6.29. The van der Waals surface area contributed by atoms with Gasteiger partial charge in [0.15, 0.2) is 5.78 Å². The summed E-state index contributed by atoms with van der Waals surface area (Å²) in [7, 11) is 0. The van der Waals surface area contributed by atoms with Crippen LogP contribution in [-0.2, 0) is 6.42 Å². The van der Waals surface area contributed by atoms with Crippen molar-refractivity contribution >= 4 is 23.5 Å². The first-order valence-electron chi connectivity index (χ1n) is 10.6. The van der Waals surface area contributed by atoms with E-state index in [1.807, 2.05) is 31.2 Å². The highest BCUT2D eigenvalue weighted by atomic mass is 32.2. The number of rotatable bonds is 11. The minimum absolute atomic E-state index is 0.0193. The predicted molar refractivity (Wildman–Crippen MR) is 127 cm³/mol. The van der Waals surface area contributed by atoms with Gasteiger partial charge in [-0.05, 0) is 55.8 Å². The Hall–Kier alpha value is -3.45. The van der Waals surface area contributed by atoms with Gasteiger partial charge in [0.1, 0.15) is 30.5 Å². The summed E-state index contributed by atoms with van der Waals surface area (Å²) in [5.74, 6) is 0.00238. The minimum atomic E-state index is -0.965. The summed E-state index contributed by atoms with van der Waals surface area (Å²) in [6.45, 7) is 3.95. The summed E-state index contributed by atoms with van der Waals surface area (Å²) in [6.07, 6.45) is 1.40. The van der Waals surface area contributed by atoms with Crippen LogP contribution < -0.4 is 9.47 Å². The predicted octanol–water partition coefficient (Wildman–Crippen LogP) is 5.85. The molecule has 0 amide bonds. The molecule has 0 aliphatic rings. The molecule has 0 saturated heterocycles. The van der Waals surface area contributed by atoms with Crippen LogP contribution in [0, 0.1) is 0 Å². The first-order valence-corrected chi connectivity index (χ1v) is 11.4. The lowest BCUT2D eigenvalue weighted by molar-refractivity contribution is 0.0693. The number of ketones is 1. The molecule has 0 aliphatic carbocycles. The number of aromatic hydroxyl groups is 1. The zero-order valence-corrected chi connectivity index (χ0v) is 19.4. The molecule has 3 rings (SSSR count). The van der Waals surface area contributed by atoms with E-state index in [0.29, 0.717) is 33.9 Å². The first-order chi connectivity index (χ1) is 15.9. The summed E-state index contributed by atoms with van der Waals surface area (Å²) in [6, 6.07) is 17.5. The second-order valence-corrected chi connectivity index (χ2v) is 8.44. The molecule has 7 heteroatoms. The van der Waals surface area contributed by atoms with Gasteiger partial charge in [0.2, 0.25) is 0 Å². The van der Waals surface area contributed by atoms with Crippen molar-refractivity contribution in [3.8, 4) is 17.2 Å². The monoisotopic (exact) mass is 466 g/mol. The fourth-order valence-electron chi connectivity index (χ4n) is 3.33. The SMILES string of the molecule is CCCc1c(OCCOc2cccc(Sc3ccccc3C(=O)O)c2)ccc(C(C)=O)c1O. The summed E-state index contributed by atoms with van der Waals surface area (Å²) < 4.78 is 11.6. The Balaban J connectivity index is 1.62. The molecular weight excluding hydrogens is 440 g/mol. The zero-order valence-electron chi connectivity index (χ0n) is 18.5. The van der Waals surface area contributed by atoms with Crippen LogP contribution in [0.25, 0.3) is 0 Å². The fraction of sp³-hybridized carbons (Fsp3) is 0.231. The van der Waals surface area contributed by atoms with Gasteiger partial charge >= 0.3 is 5.97 Å². The van der Waals surface area contributed by atoms with Crippen molar-refractivity contribution in [1.82, 2.24) is 0 Å². The summed E-state index contributed by atoms with van der Waals surface area (Å²) in [5.41, 5.74) is 1.17. The summed E-state index contributed by atoms with van der Waals surface area (Å²) >= 11 is 1.36. The third-order valence-corrected chi connectivity index (χ3v) is 5.95. The minimum Gasteiger partial charge on any atom is -0.507 e. The van der Waals surface area contributed by atoms with Crippen LogP contribution in [0.4, 0.5) is 0 Å². The van der Waals surface area contributed by atoms with Gasteiger partial charge < -0.3 is 19.7 Å². The Morgan fingerprint density at radius 1 is 0.939 bits per heavy atom. The van der Waals surface area contributed by atoms with Gasteiger partial charge in [0, 0.05) is 15.4 Å². The van der Waals surface area contributed by atoms with E-state index in [0.717, 1.165) is 11.3 Å². The average molecular weight is 467 g/mol. The standard InChI is InChI=1S/C26H26O6S/c1-3-7-21-23(13-12-20(17(2)27)25(21)28)32-15-14-31-18-8-6-9-19(16-18)33-24-11-5-4-10-22(24)26(29)30/h4-6,8-13,16,28H,3,7,14-15H2,1-2H3,(H,29,30). The van der Waals surface area contributed by atoms with Crippen LogP contribution in [0.15, 0.2) is 70.5 Å². The maximum Gasteiger partial charge on any atom is 0.336 e. The van der Waals surface area contributed by atoms with E-state index in [1.54, 1.807) is 36.4 Å². The molecule has 2 N–H and O–H groups in total. The maximum atomic E-state index is 11.7. The number of carbonyl (C=O) groups excluding carboxylic acids is 1. The molecule has 0 aromatic heterocycles. The molecular formula is C26H26O6S. The zero-order chi connectivity index (χ0) is 23.8. The molecule has 0 radical (unpaired) electrons. The second-order valence-electron chi connectivity index (χ2n) is 7.32. The molecule has 0 atom stereocenters. The van der Waals surface area contributed by atoms with Crippen LogP contribution in [0.1, 0.15) is 46.5 Å². The van der Waals surface area contributed by atoms with E-state index >= 15 is 0 Å². The third-order valence-electron chi connectivity index (χ3n) is 4.88. The molecule has 33 heavy (non-hydrogen) atoms. The molecule has 0 aliphatic heterocycles. The Morgan fingerprint density at radius 3 is 2.42 bits per heavy atom. The Bertz CT molecular complexity index is 1140. The van der Waals surface area contributed by atoms with Gasteiger partial charge in [-0.3, -0.25) is 4.79 Å². The fourth-order valence-corrected chi connectivity index (χ4v) is 4.31. The molecule has 6 nitrogen and oxygen atoms in total. The van der Waals surface area contributed by atoms with Crippen LogP contribution in [0.2, 0.25) is 0 Å². The van der Waals surface area contributed by atoms with Crippen molar-refractivity contribution in [3.63, 3.8) is 0 Å². The normalized spacial score (nSPS) is 10.6. The number of hydrogen-bond acceptors (Lipinski definition) is 6. The van der Waals surface area contributed by atoms with Crippen LogP contribution in [-0.4, -0.2) is 35.2 Å². The van der Waals surface area contributed by atoms with Crippen molar-refractivity contribution in [2.24, 2.45) is 0 Å². The number of carboxylic acid groups (broad SMARTS) is 1. The number of Topliss-reactive ketones (excluding diaryl/α,β-unsaturated/α-hetero) is 1. The quantitative estimate of drug-likeness (QED) is 0.270. The van der Waals surface area contributed by atoms with Gasteiger partial charge in [0.25, 0.3) is 0 Å². The van der Waals surface area contributed by atoms with Gasteiger partial charge in [-0.15, -0.1) is 0 Å². The molecule has 0 unspecified atom stereocenters. The lowest BCUT2D eigenvalue weighted by Gasteiger charge is -2.15. The molecule has 0 fully saturated rings. The van der Waals surface area contributed by atoms with E-state index in [2.05, 4.69) is 0 Å². The number of hydrogen-bond donors (Lipinski definition) is 2. The summed E-state index contributed by atoms with van der Waals surface area (Å²) in [5, 5.41) is 19.8. The molecule has 0 spiro atoms. The molecule has 172 valence electrons. The number of carboxylic acids is 1. The van der Waals surface area contributed by atoms with Crippen molar-refractivity contribution in [3.05, 3.63) is 77.4 Å². The van der Waals surface area contributed by atoms with Crippen molar-refractivity contribution in [2.75, 3.05) is 13.2 Å². The topological polar surface area (TPSA) is 93.1 Å². The Kier molecular flexibility index (Phi) is 8.38. The number of phenolic OH excluding ortho intramolecular Hbond substituents is 1. The van der Waals surface area contributed by atoms with Crippen molar-refractivity contribution in [2.45, 2.75) is 36.5 Å². The highest BCUT2D eigenvalue weighted by Gasteiger charge is 2.16. The van der Waals surface area contributed by atoms with E-state index in [4.69, 9.17) is 9.47 Å². The van der Waals surface area contributed by atoms with Crippen LogP contribution in [0.3, 0.4) is 0 Å². The van der Waals surface area contributed by atoms with E-state index in [9.17, 15) is 19.8 Å². The van der Waals surface area contributed by atoms with Crippen molar-refractivity contribution in [1.29, 1.82) is 0 Å². The largest absolute Gasteiger partial charge is 0.507 e. The smallest absolute Gasteiger partial charge is 0.336 e. The number of ether oxygens (including phenoxy) is 2. The van der Waals surface area contributed by atoms with Gasteiger partial charge in [-0.2, -0.15) is 0 Å². The molecule has 3 aromatic rings. The van der Waals surface area contributed by atoms with Crippen LogP contribution in [0.5, 0.6) is 17.2 Å². The number of benzene rings is 3. The molecule has 3 aromatic carbocycles. The molecule has 0 bridgehead atoms. The molecule has 0 saturated carbocycles. The van der Waals surface area contributed by atoms with Crippen LogP contribution >= 0.6 is 11.8 Å². The van der Waals surface area contributed by atoms with Gasteiger partial charge in [0.05, 0.1) is 11.1 Å². The maximum absolute atomic E-state index is 11.7. The lowest BCUT2D eigenvalue weighted by atomic mass is 10.0. The first kappa shape index (κ1) is 24.2. The van der Waals surface area contributed by atoms with Crippen molar-refractivity contribution < 1.29 is 29.3 Å². The average Bonchev–Trinajstić information content (AvgIpc) is 2.79. The summed E-state index contributed by atoms with van der Waals surface area (Å²) in [4.78, 5) is 24.6. The number of aromatic carboxylic acids is 1. The Morgan fingerprint density at radius 2 is 1.70 bits per heavy atom. The second kappa shape index (κ2) is 11.4. The number of phenols is 1. The van der Waals surface area contributed by atoms with E-state index in [-0.39, 0.29) is 30.3 Å². The van der Waals surface area contributed by atoms with Gasteiger partial charge in [-0.25, -0.2) is 4.79 Å². The van der Waals surface area contributed by atoms with Gasteiger partial charge in [-0.1, -0.05) is 43.3 Å². The highest BCUT2D eigenvalue weighted by Crippen LogP contribution is 2.34.